The summed E-state index contributed by atoms with van der Waals surface area (Å²) < 4.78 is 13.8. The molecule has 0 aliphatic carbocycles. The van der Waals surface area contributed by atoms with Crippen molar-refractivity contribution in [3.05, 3.63) is 28.5 Å². The Kier molecular flexibility index (Phi) is 4.74. The van der Waals surface area contributed by atoms with Gasteiger partial charge >= 0.3 is 0 Å². The van der Waals surface area contributed by atoms with Gasteiger partial charge in [0.1, 0.15) is 5.82 Å². The zero-order valence-corrected chi connectivity index (χ0v) is 11.1. The zero-order chi connectivity index (χ0) is 12.2. The van der Waals surface area contributed by atoms with E-state index in [0.717, 1.165) is 10.9 Å². The highest BCUT2D eigenvalue weighted by molar-refractivity contribution is 9.10. The predicted octanol–water partition coefficient (Wildman–Crippen LogP) is 3.41. The third-order valence-electron chi connectivity index (χ3n) is 2.87. The smallest absolute Gasteiger partial charge is 0.125 e. The van der Waals surface area contributed by atoms with Gasteiger partial charge in [0, 0.05) is 16.4 Å². The Morgan fingerprint density at radius 1 is 1.50 bits per heavy atom. The van der Waals surface area contributed by atoms with Crippen LogP contribution in [0.2, 0.25) is 0 Å². The van der Waals surface area contributed by atoms with Crippen LogP contribution in [0.5, 0.6) is 0 Å². The van der Waals surface area contributed by atoms with Crippen LogP contribution in [0.4, 0.5) is 10.1 Å². The topological polar surface area (TPSA) is 32.3 Å². The number of benzene rings is 1. The molecule has 0 spiro atoms. The minimum atomic E-state index is -0.270. The molecule has 0 saturated carbocycles. The lowest BCUT2D eigenvalue weighted by molar-refractivity contribution is 0.149. The maximum Gasteiger partial charge on any atom is 0.125 e. The summed E-state index contributed by atoms with van der Waals surface area (Å²) in [5.41, 5.74) is 0.541. The number of nitrogens with one attached hydrogen (secondary N) is 1. The van der Waals surface area contributed by atoms with E-state index in [4.69, 9.17) is 0 Å². The molecule has 1 aromatic carbocycles. The van der Waals surface area contributed by atoms with E-state index in [2.05, 4.69) is 21.2 Å². The normalized spacial score (nSPS) is 14.6. The first-order valence-corrected chi connectivity index (χ1v) is 6.10. The van der Waals surface area contributed by atoms with Crippen molar-refractivity contribution in [2.24, 2.45) is 5.41 Å². The van der Waals surface area contributed by atoms with Gasteiger partial charge in [0.2, 0.25) is 0 Å². The van der Waals surface area contributed by atoms with Crippen molar-refractivity contribution >= 4 is 21.6 Å². The minimum Gasteiger partial charge on any atom is -0.396 e. The van der Waals surface area contributed by atoms with E-state index in [1.54, 1.807) is 6.07 Å². The molecule has 2 nitrogen and oxygen atoms in total. The van der Waals surface area contributed by atoms with Crippen molar-refractivity contribution in [2.45, 2.75) is 20.3 Å². The largest absolute Gasteiger partial charge is 0.396 e. The van der Waals surface area contributed by atoms with Gasteiger partial charge in [-0.1, -0.05) is 13.8 Å². The maximum atomic E-state index is 13.0. The number of halogens is 2. The Balaban J connectivity index is 2.70. The molecule has 2 N–H and O–H groups in total. The van der Waals surface area contributed by atoms with Crippen LogP contribution in [0.25, 0.3) is 0 Å². The molecule has 0 aliphatic heterocycles. The Bertz CT molecular complexity index is 353. The van der Waals surface area contributed by atoms with Gasteiger partial charge in [-0.25, -0.2) is 4.39 Å². The molecule has 0 amide bonds. The highest BCUT2D eigenvalue weighted by Crippen LogP contribution is 2.26. The number of rotatable bonds is 5. The fourth-order valence-corrected chi connectivity index (χ4v) is 1.62. The number of aliphatic hydroxyl groups excluding tert-OH is 1. The van der Waals surface area contributed by atoms with Gasteiger partial charge in [0.25, 0.3) is 0 Å². The van der Waals surface area contributed by atoms with E-state index >= 15 is 0 Å². The van der Waals surface area contributed by atoms with Crippen LogP contribution in [-0.2, 0) is 0 Å². The van der Waals surface area contributed by atoms with E-state index in [1.165, 1.54) is 12.1 Å². The predicted molar refractivity (Wildman–Crippen MR) is 68.1 cm³/mol. The standard InChI is InChI=1S/C12H17BrFNO/c1-3-12(2,8-16)7-15-11-6-9(14)4-5-10(11)13/h4-6,15-16H,3,7-8H2,1-2H3. The van der Waals surface area contributed by atoms with Crippen LogP contribution in [-0.4, -0.2) is 18.3 Å². The van der Waals surface area contributed by atoms with Crippen LogP contribution in [0.3, 0.4) is 0 Å². The molecule has 0 radical (unpaired) electrons. The monoisotopic (exact) mass is 289 g/mol. The summed E-state index contributed by atoms with van der Waals surface area (Å²) in [5.74, 6) is -0.270. The van der Waals surface area contributed by atoms with Gasteiger partial charge in [-0.3, -0.25) is 0 Å². The minimum absolute atomic E-state index is 0.115. The average Bonchev–Trinajstić information content (AvgIpc) is 2.30. The summed E-state index contributed by atoms with van der Waals surface area (Å²) >= 11 is 3.35. The number of hydrogen-bond donors (Lipinski definition) is 2. The van der Waals surface area contributed by atoms with Gasteiger partial charge in [-0.15, -0.1) is 0 Å². The summed E-state index contributed by atoms with van der Waals surface area (Å²) in [5, 5.41) is 12.4. The molecule has 1 rings (SSSR count). The van der Waals surface area contributed by atoms with Crippen molar-refractivity contribution in [1.82, 2.24) is 0 Å². The van der Waals surface area contributed by atoms with Gasteiger partial charge in [-0.2, -0.15) is 0 Å². The molecule has 16 heavy (non-hydrogen) atoms. The molecular formula is C12H17BrFNO. The molecule has 1 atom stereocenters. The van der Waals surface area contributed by atoms with Crippen molar-refractivity contribution in [3.8, 4) is 0 Å². The molecule has 0 saturated heterocycles. The Morgan fingerprint density at radius 3 is 2.75 bits per heavy atom. The van der Waals surface area contributed by atoms with E-state index in [9.17, 15) is 9.50 Å². The fourth-order valence-electron chi connectivity index (χ4n) is 1.23. The van der Waals surface area contributed by atoms with Gasteiger partial charge < -0.3 is 10.4 Å². The Hall–Kier alpha value is -0.610. The fraction of sp³-hybridized carbons (Fsp3) is 0.500. The lowest BCUT2D eigenvalue weighted by Gasteiger charge is -2.26. The zero-order valence-electron chi connectivity index (χ0n) is 9.56. The lowest BCUT2D eigenvalue weighted by atomic mass is 9.88. The highest BCUT2D eigenvalue weighted by atomic mass is 79.9. The molecule has 0 heterocycles. The summed E-state index contributed by atoms with van der Waals surface area (Å²) in [7, 11) is 0. The molecule has 0 fully saturated rings. The quantitative estimate of drug-likeness (QED) is 0.871. The second-order valence-electron chi connectivity index (χ2n) is 4.30. The first-order chi connectivity index (χ1) is 7.50. The van der Waals surface area contributed by atoms with Crippen LogP contribution >= 0.6 is 15.9 Å². The van der Waals surface area contributed by atoms with Gasteiger partial charge in [-0.05, 0) is 40.5 Å². The molecule has 4 heteroatoms. The number of aliphatic hydroxyl groups is 1. The third-order valence-corrected chi connectivity index (χ3v) is 3.56. The molecule has 1 aromatic rings. The van der Waals surface area contributed by atoms with Crippen LogP contribution in [0.15, 0.2) is 22.7 Å². The Labute approximate surface area is 104 Å². The SMILES string of the molecule is CCC(C)(CO)CNc1cc(F)ccc1Br. The van der Waals surface area contributed by atoms with E-state index in [0.29, 0.717) is 12.2 Å². The molecule has 0 aliphatic rings. The summed E-state index contributed by atoms with van der Waals surface area (Å²) in [6.07, 6.45) is 0.865. The number of anilines is 1. The van der Waals surface area contributed by atoms with Gasteiger partial charge in [0.05, 0.1) is 12.3 Å². The molecule has 1 unspecified atom stereocenters. The van der Waals surface area contributed by atoms with Gasteiger partial charge in [0.15, 0.2) is 0 Å². The van der Waals surface area contributed by atoms with Crippen molar-refractivity contribution < 1.29 is 9.50 Å². The van der Waals surface area contributed by atoms with Crippen LogP contribution < -0.4 is 5.32 Å². The average molecular weight is 290 g/mol. The second kappa shape index (κ2) is 5.64. The Morgan fingerprint density at radius 2 is 2.19 bits per heavy atom. The van der Waals surface area contributed by atoms with E-state index < -0.39 is 0 Å². The van der Waals surface area contributed by atoms with E-state index in [1.807, 2.05) is 13.8 Å². The van der Waals surface area contributed by atoms with Crippen molar-refractivity contribution in [2.75, 3.05) is 18.5 Å². The summed E-state index contributed by atoms with van der Waals surface area (Å²) in [4.78, 5) is 0. The van der Waals surface area contributed by atoms with Crippen molar-refractivity contribution in [1.29, 1.82) is 0 Å². The van der Waals surface area contributed by atoms with Crippen molar-refractivity contribution in [3.63, 3.8) is 0 Å². The summed E-state index contributed by atoms with van der Waals surface area (Å²) in [6.45, 7) is 4.75. The first kappa shape index (κ1) is 13.5. The maximum absolute atomic E-state index is 13.0. The third kappa shape index (κ3) is 3.46. The molecule has 90 valence electrons. The van der Waals surface area contributed by atoms with Crippen LogP contribution in [0, 0.1) is 11.2 Å². The van der Waals surface area contributed by atoms with Crippen LogP contribution in [0.1, 0.15) is 20.3 Å². The summed E-state index contributed by atoms with van der Waals surface area (Å²) in [6, 6.07) is 4.51. The van der Waals surface area contributed by atoms with E-state index in [-0.39, 0.29) is 17.8 Å². The number of hydrogen-bond acceptors (Lipinski definition) is 2. The molecule has 0 bridgehead atoms. The highest BCUT2D eigenvalue weighted by Gasteiger charge is 2.20. The lowest BCUT2D eigenvalue weighted by Crippen LogP contribution is -2.29. The first-order valence-electron chi connectivity index (χ1n) is 5.30. The molecular weight excluding hydrogens is 273 g/mol. The molecule has 0 aromatic heterocycles. The second-order valence-corrected chi connectivity index (χ2v) is 5.15.